The summed E-state index contributed by atoms with van der Waals surface area (Å²) in [4.78, 5) is 2.58. The number of nitrogens with one attached hydrogen (secondary N) is 1. The lowest BCUT2D eigenvalue weighted by Crippen LogP contribution is -2.69. The highest BCUT2D eigenvalue weighted by atomic mass is 19.1. The minimum absolute atomic E-state index is 0.187. The monoisotopic (exact) mass is 256 g/mol. The lowest BCUT2D eigenvalue weighted by molar-refractivity contribution is -0.00501. The first kappa shape index (κ1) is 14.3. The van der Waals surface area contributed by atoms with E-state index < -0.39 is 0 Å². The molecule has 1 N–H and O–H groups in total. The molecular weight excluding hydrogens is 227 g/mol. The molecule has 2 rings (SSSR count). The van der Waals surface area contributed by atoms with Gasteiger partial charge in [-0.2, -0.15) is 0 Å². The van der Waals surface area contributed by atoms with Gasteiger partial charge in [0.05, 0.1) is 6.67 Å². The van der Waals surface area contributed by atoms with Crippen LogP contribution >= 0.6 is 0 Å². The van der Waals surface area contributed by atoms with Gasteiger partial charge >= 0.3 is 0 Å². The summed E-state index contributed by atoms with van der Waals surface area (Å²) in [6.45, 7) is 9.80. The number of hydrogen-bond acceptors (Lipinski definition) is 2. The molecule has 1 aliphatic carbocycles. The van der Waals surface area contributed by atoms with Crippen molar-refractivity contribution in [2.45, 2.75) is 64.0 Å². The van der Waals surface area contributed by atoms with Crippen LogP contribution in [-0.2, 0) is 0 Å². The van der Waals surface area contributed by atoms with E-state index >= 15 is 0 Å². The van der Waals surface area contributed by atoms with Crippen LogP contribution in [0.1, 0.15) is 52.9 Å². The van der Waals surface area contributed by atoms with Crippen LogP contribution in [-0.4, -0.2) is 42.3 Å². The topological polar surface area (TPSA) is 15.3 Å². The van der Waals surface area contributed by atoms with Gasteiger partial charge in [-0.1, -0.05) is 13.8 Å². The molecule has 2 fully saturated rings. The Labute approximate surface area is 111 Å². The van der Waals surface area contributed by atoms with Crippen molar-refractivity contribution in [1.29, 1.82) is 0 Å². The number of nitrogens with zero attached hydrogens (tertiary/aromatic N) is 1. The molecule has 1 heterocycles. The van der Waals surface area contributed by atoms with E-state index in [0.717, 1.165) is 38.4 Å². The molecule has 1 saturated carbocycles. The number of piperazine rings is 1. The predicted molar refractivity (Wildman–Crippen MR) is 74.6 cm³/mol. The van der Waals surface area contributed by atoms with Crippen LogP contribution in [0.2, 0.25) is 0 Å². The molecule has 18 heavy (non-hydrogen) atoms. The molecular formula is C15H29FN2. The fraction of sp³-hybridized carbons (Fsp3) is 1.00. The molecule has 0 spiro atoms. The molecule has 0 radical (unpaired) electrons. The van der Waals surface area contributed by atoms with E-state index in [-0.39, 0.29) is 17.8 Å². The summed E-state index contributed by atoms with van der Waals surface area (Å²) in [6.07, 6.45) is 5.73. The molecule has 0 aromatic carbocycles. The van der Waals surface area contributed by atoms with E-state index in [2.05, 4.69) is 31.0 Å². The summed E-state index contributed by atoms with van der Waals surface area (Å²) >= 11 is 0. The Kier molecular flexibility index (Phi) is 4.32. The predicted octanol–water partition coefficient (Wildman–Crippen LogP) is 2.98. The first-order valence-electron chi connectivity index (χ1n) is 7.66. The third kappa shape index (κ3) is 2.57. The molecule has 2 nitrogen and oxygen atoms in total. The SMILES string of the molecule is CCC1(CC)CNC(C)(C2CC2)CN1CCCF. The smallest absolute Gasteiger partial charge is 0.0906 e. The van der Waals surface area contributed by atoms with Crippen molar-refractivity contribution in [2.24, 2.45) is 5.92 Å². The molecule has 106 valence electrons. The lowest BCUT2D eigenvalue weighted by Gasteiger charge is -2.54. The van der Waals surface area contributed by atoms with Gasteiger partial charge in [0.15, 0.2) is 0 Å². The molecule has 0 aromatic heterocycles. The van der Waals surface area contributed by atoms with Gasteiger partial charge in [-0.3, -0.25) is 9.29 Å². The number of rotatable bonds is 6. The summed E-state index contributed by atoms with van der Waals surface area (Å²) in [5.74, 6) is 0.845. The first-order chi connectivity index (χ1) is 8.60. The zero-order valence-electron chi connectivity index (χ0n) is 12.3. The molecule has 0 aromatic rings. The van der Waals surface area contributed by atoms with E-state index in [4.69, 9.17) is 0 Å². The van der Waals surface area contributed by atoms with Gasteiger partial charge in [-0.05, 0) is 44.9 Å². The van der Waals surface area contributed by atoms with Crippen molar-refractivity contribution in [2.75, 3.05) is 26.3 Å². The van der Waals surface area contributed by atoms with E-state index in [0.29, 0.717) is 6.42 Å². The van der Waals surface area contributed by atoms with Crippen LogP contribution in [0.25, 0.3) is 0 Å². The molecule has 1 atom stereocenters. The van der Waals surface area contributed by atoms with Crippen LogP contribution in [0.3, 0.4) is 0 Å². The second-order valence-corrected chi connectivity index (χ2v) is 6.44. The molecule has 1 aliphatic heterocycles. The highest BCUT2D eigenvalue weighted by Gasteiger charge is 2.49. The van der Waals surface area contributed by atoms with Crippen LogP contribution in [0.5, 0.6) is 0 Å². The summed E-state index contributed by atoms with van der Waals surface area (Å²) in [5.41, 5.74) is 0.522. The van der Waals surface area contributed by atoms with Crippen molar-refractivity contribution >= 4 is 0 Å². The van der Waals surface area contributed by atoms with Crippen LogP contribution in [0, 0.1) is 5.92 Å². The Morgan fingerprint density at radius 1 is 1.28 bits per heavy atom. The quantitative estimate of drug-likeness (QED) is 0.786. The molecule has 0 bridgehead atoms. The van der Waals surface area contributed by atoms with Gasteiger partial charge in [0.1, 0.15) is 0 Å². The second-order valence-electron chi connectivity index (χ2n) is 6.44. The summed E-state index contributed by atoms with van der Waals surface area (Å²) < 4.78 is 12.5. The average molecular weight is 256 g/mol. The largest absolute Gasteiger partial charge is 0.308 e. The maximum Gasteiger partial charge on any atom is 0.0906 e. The molecule has 2 aliphatic rings. The summed E-state index contributed by atoms with van der Waals surface area (Å²) in [6, 6.07) is 0. The highest BCUT2D eigenvalue weighted by Crippen LogP contribution is 2.43. The normalized spacial score (nSPS) is 32.7. The molecule has 1 saturated heterocycles. The Bertz CT molecular complexity index is 274. The van der Waals surface area contributed by atoms with Gasteiger partial charge < -0.3 is 5.32 Å². The molecule has 0 amide bonds. The van der Waals surface area contributed by atoms with Crippen molar-refractivity contribution in [3.8, 4) is 0 Å². The molecule has 3 heteroatoms. The standard InChI is InChI=1S/C15H29FN2/c1-4-15(5-2)11-17-14(3,13-7-8-13)12-18(15)10-6-9-16/h13,17H,4-12H2,1-3H3. The van der Waals surface area contributed by atoms with E-state index in [1.165, 1.54) is 12.8 Å². The van der Waals surface area contributed by atoms with Gasteiger partial charge in [-0.25, -0.2) is 0 Å². The number of hydrogen-bond donors (Lipinski definition) is 1. The summed E-state index contributed by atoms with van der Waals surface area (Å²) in [5, 5.41) is 3.82. The Balaban J connectivity index is 2.09. The van der Waals surface area contributed by atoms with Gasteiger partial charge in [0.2, 0.25) is 0 Å². The fourth-order valence-corrected chi connectivity index (χ4v) is 3.61. The summed E-state index contributed by atoms with van der Waals surface area (Å²) in [7, 11) is 0. The van der Waals surface area contributed by atoms with Crippen LogP contribution < -0.4 is 5.32 Å². The number of halogens is 1. The van der Waals surface area contributed by atoms with Crippen molar-refractivity contribution < 1.29 is 4.39 Å². The van der Waals surface area contributed by atoms with Crippen LogP contribution in [0.15, 0.2) is 0 Å². The zero-order valence-corrected chi connectivity index (χ0v) is 12.3. The van der Waals surface area contributed by atoms with E-state index in [9.17, 15) is 4.39 Å². The maximum atomic E-state index is 12.5. The maximum absolute atomic E-state index is 12.5. The Hall–Kier alpha value is -0.150. The van der Waals surface area contributed by atoms with Gasteiger partial charge in [-0.15, -0.1) is 0 Å². The lowest BCUT2D eigenvalue weighted by atomic mass is 9.81. The second kappa shape index (κ2) is 5.46. The minimum atomic E-state index is -0.187. The van der Waals surface area contributed by atoms with Crippen LogP contribution in [0.4, 0.5) is 4.39 Å². The highest BCUT2D eigenvalue weighted by molar-refractivity contribution is 5.08. The minimum Gasteiger partial charge on any atom is -0.308 e. The van der Waals surface area contributed by atoms with Crippen molar-refractivity contribution in [1.82, 2.24) is 10.2 Å². The Morgan fingerprint density at radius 2 is 1.94 bits per heavy atom. The van der Waals surface area contributed by atoms with Crippen molar-refractivity contribution in [3.05, 3.63) is 0 Å². The van der Waals surface area contributed by atoms with Gasteiger partial charge in [0, 0.05) is 30.7 Å². The zero-order chi connectivity index (χ0) is 13.2. The fourth-order valence-electron chi connectivity index (χ4n) is 3.61. The molecule has 1 unspecified atom stereocenters. The first-order valence-corrected chi connectivity index (χ1v) is 7.66. The third-order valence-electron chi connectivity index (χ3n) is 5.37. The van der Waals surface area contributed by atoms with E-state index in [1.54, 1.807) is 0 Å². The number of alkyl halides is 1. The van der Waals surface area contributed by atoms with Gasteiger partial charge in [0.25, 0.3) is 0 Å². The van der Waals surface area contributed by atoms with Crippen molar-refractivity contribution in [3.63, 3.8) is 0 Å². The third-order valence-corrected chi connectivity index (χ3v) is 5.37. The van der Waals surface area contributed by atoms with E-state index in [1.807, 2.05) is 0 Å². The Morgan fingerprint density at radius 3 is 2.44 bits per heavy atom. The average Bonchev–Trinajstić information content (AvgIpc) is 3.22.